The summed E-state index contributed by atoms with van der Waals surface area (Å²) in [5.74, 6) is -2.85. The summed E-state index contributed by atoms with van der Waals surface area (Å²) >= 11 is 0. The molecule has 152 valence electrons. The van der Waals surface area contributed by atoms with Crippen LogP contribution in [0.2, 0.25) is 0 Å². The van der Waals surface area contributed by atoms with Gasteiger partial charge in [0.1, 0.15) is 23.8 Å². The van der Waals surface area contributed by atoms with Gasteiger partial charge in [0, 0.05) is 5.56 Å². The number of hydrogen-bond acceptors (Lipinski definition) is 5. The molecule has 0 aromatic heterocycles. The average molecular weight is 402 g/mol. The normalized spacial score (nSPS) is 14.8. The van der Waals surface area contributed by atoms with Crippen LogP contribution in [0.1, 0.15) is 29.5 Å². The zero-order chi connectivity index (χ0) is 21.0. The second kappa shape index (κ2) is 8.43. The van der Waals surface area contributed by atoms with Crippen molar-refractivity contribution in [1.82, 2.24) is 0 Å². The summed E-state index contributed by atoms with van der Waals surface area (Å²) in [7, 11) is 2.64. The zero-order valence-electron chi connectivity index (χ0n) is 16.0. The van der Waals surface area contributed by atoms with E-state index in [4.69, 9.17) is 14.2 Å². The molecular formula is C22H20F2O5. The second-order valence-corrected chi connectivity index (χ2v) is 6.67. The van der Waals surface area contributed by atoms with Gasteiger partial charge in [0.25, 0.3) is 0 Å². The second-order valence-electron chi connectivity index (χ2n) is 6.67. The van der Waals surface area contributed by atoms with Gasteiger partial charge >= 0.3 is 11.9 Å². The number of halogens is 2. The lowest BCUT2D eigenvalue weighted by Gasteiger charge is -2.17. The van der Waals surface area contributed by atoms with Crippen molar-refractivity contribution in [3.8, 4) is 0 Å². The molecule has 0 radical (unpaired) electrons. The molecule has 0 amide bonds. The van der Waals surface area contributed by atoms with E-state index in [-0.39, 0.29) is 17.7 Å². The molecule has 5 nitrogen and oxygen atoms in total. The van der Waals surface area contributed by atoms with Crippen molar-refractivity contribution in [1.29, 1.82) is 0 Å². The fourth-order valence-electron chi connectivity index (χ4n) is 3.28. The van der Waals surface area contributed by atoms with E-state index in [9.17, 15) is 18.4 Å². The van der Waals surface area contributed by atoms with E-state index in [0.717, 1.165) is 12.1 Å². The first-order chi connectivity index (χ1) is 13.9. The third-order valence-corrected chi connectivity index (χ3v) is 4.89. The third kappa shape index (κ3) is 3.99. The van der Waals surface area contributed by atoms with E-state index in [1.807, 2.05) is 0 Å². The van der Waals surface area contributed by atoms with Gasteiger partial charge in [-0.05, 0) is 36.1 Å². The zero-order valence-corrected chi connectivity index (χ0v) is 16.0. The van der Waals surface area contributed by atoms with Gasteiger partial charge in [0.15, 0.2) is 0 Å². The van der Waals surface area contributed by atoms with Crippen LogP contribution in [0.5, 0.6) is 0 Å². The number of carbonyl (C=O) groups excluding carboxylic acids is 2. The summed E-state index contributed by atoms with van der Waals surface area (Å²) in [6.45, 7) is -0.176. The molecule has 0 heterocycles. The lowest BCUT2D eigenvalue weighted by atomic mass is 9.95. The molecule has 2 aromatic carbocycles. The molecule has 3 rings (SSSR count). The van der Waals surface area contributed by atoms with Crippen molar-refractivity contribution < 1.29 is 32.6 Å². The molecule has 0 saturated heterocycles. The Bertz CT molecular complexity index is 943. The average Bonchev–Trinajstić information content (AvgIpc) is 3.51. The van der Waals surface area contributed by atoms with Gasteiger partial charge in [-0.1, -0.05) is 30.3 Å². The number of esters is 2. The van der Waals surface area contributed by atoms with Gasteiger partial charge in [-0.15, -0.1) is 0 Å². The standard InChI is InChI=1S/C22H20F2O5/c1-27-13-16(20(25)28-2)15-7-4-3-6-14(15)12-29-21(26)22(10-11-22)19-17(23)8-5-9-18(19)24/h3-9,13H,10-12H2,1-2H3/b16-13-. The van der Waals surface area contributed by atoms with Crippen molar-refractivity contribution in [2.45, 2.75) is 24.9 Å². The van der Waals surface area contributed by atoms with Crippen LogP contribution in [0.3, 0.4) is 0 Å². The molecule has 1 fully saturated rings. The molecule has 7 heteroatoms. The maximum absolute atomic E-state index is 14.2. The SMILES string of the molecule is CO/C=C(\C(=O)OC)c1ccccc1COC(=O)C1(c2c(F)cccc2F)CC1. The maximum atomic E-state index is 14.2. The molecule has 0 spiro atoms. The van der Waals surface area contributed by atoms with E-state index >= 15 is 0 Å². The Hall–Kier alpha value is -3.22. The summed E-state index contributed by atoms with van der Waals surface area (Å²) < 4.78 is 43.5. The highest BCUT2D eigenvalue weighted by atomic mass is 19.1. The quantitative estimate of drug-likeness (QED) is 0.399. The Morgan fingerprint density at radius 1 is 1.03 bits per heavy atom. The first kappa shape index (κ1) is 20.5. The van der Waals surface area contributed by atoms with E-state index < -0.39 is 29.0 Å². The highest BCUT2D eigenvalue weighted by Crippen LogP contribution is 2.51. The van der Waals surface area contributed by atoms with Crippen LogP contribution >= 0.6 is 0 Å². The predicted molar refractivity (Wildman–Crippen MR) is 101 cm³/mol. The minimum absolute atomic E-state index is 0.155. The van der Waals surface area contributed by atoms with Crippen LogP contribution < -0.4 is 0 Å². The van der Waals surface area contributed by atoms with Gasteiger partial charge in [-0.25, -0.2) is 13.6 Å². The van der Waals surface area contributed by atoms with Crippen molar-refractivity contribution in [3.05, 3.63) is 77.1 Å². The minimum atomic E-state index is -1.31. The molecule has 1 aliphatic rings. The molecule has 1 aliphatic carbocycles. The maximum Gasteiger partial charge on any atom is 0.341 e. The third-order valence-electron chi connectivity index (χ3n) is 4.89. The smallest absolute Gasteiger partial charge is 0.341 e. The Morgan fingerprint density at radius 2 is 1.69 bits per heavy atom. The fraction of sp³-hybridized carbons (Fsp3) is 0.273. The van der Waals surface area contributed by atoms with Crippen LogP contribution in [0, 0.1) is 11.6 Å². The van der Waals surface area contributed by atoms with Crippen molar-refractivity contribution in [2.75, 3.05) is 14.2 Å². The summed E-state index contributed by atoms with van der Waals surface area (Å²) in [5, 5.41) is 0. The molecule has 0 atom stereocenters. The number of benzene rings is 2. The Labute approximate surface area is 166 Å². The van der Waals surface area contributed by atoms with Crippen LogP contribution in [0.25, 0.3) is 5.57 Å². The molecule has 2 aromatic rings. The summed E-state index contributed by atoms with van der Waals surface area (Å²) in [6, 6.07) is 10.3. The molecule has 0 bridgehead atoms. The highest BCUT2D eigenvalue weighted by molar-refractivity contribution is 6.16. The van der Waals surface area contributed by atoms with E-state index in [0.29, 0.717) is 24.0 Å². The summed E-state index contributed by atoms with van der Waals surface area (Å²) in [6.07, 6.45) is 1.86. The van der Waals surface area contributed by atoms with Crippen molar-refractivity contribution >= 4 is 17.5 Å². The molecule has 0 aliphatic heterocycles. The highest BCUT2D eigenvalue weighted by Gasteiger charge is 2.55. The summed E-state index contributed by atoms with van der Waals surface area (Å²) in [4.78, 5) is 24.8. The number of hydrogen-bond donors (Lipinski definition) is 0. The van der Waals surface area contributed by atoms with E-state index in [1.54, 1.807) is 24.3 Å². The van der Waals surface area contributed by atoms with Gasteiger partial charge < -0.3 is 14.2 Å². The van der Waals surface area contributed by atoms with Crippen LogP contribution in [-0.4, -0.2) is 26.2 Å². The number of carbonyl (C=O) groups is 2. The molecule has 29 heavy (non-hydrogen) atoms. The number of methoxy groups -OCH3 is 2. The Kier molecular flexibility index (Phi) is 5.96. The monoisotopic (exact) mass is 402 g/mol. The topological polar surface area (TPSA) is 61.8 Å². The predicted octanol–water partition coefficient (Wildman–Crippen LogP) is 3.90. The fourth-order valence-corrected chi connectivity index (χ4v) is 3.28. The van der Waals surface area contributed by atoms with Crippen molar-refractivity contribution in [3.63, 3.8) is 0 Å². The van der Waals surface area contributed by atoms with Gasteiger partial charge in [-0.2, -0.15) is 0 Å². The van der Waals surface area contributed by atoms with E-state index in [1.165, 1.54) is 26.5 Å². The van der Waals surface area contributed by atoms with Gasteiger partial charge in [0.2, 0.25) is 0 Å². The van der Waals surface area contributed by atoms with Crippen LogP contribution in [0.4, 0.5) is 8.78 Å². The molecule has 0 N–H and O–H groups in total. The lowest BCUT2D eigenvalue weighted by molar-refractivity contribution is -0.148. The van der Waals surface area contributed by atoms with E-state index in [2.05, 4.69) is 0 Å². The largest absolute Gasteiger partial charge is 0.503 e. The first-order valence-electron chi connectivity index (χ1n) is 8.96. The molecular weight excluding hydrogens is 382 g/mol. The Balaban J connectivity index is 1.83. The summed E-state index contributed by atoms with van der Waals surface area (Å²) in [5.41, 5.74) is -0.413. The first-order valence-corrected chi connectivity index (χ1v) is 8.96. The Morgan fingerprint density at radius 3 is 2.28 bits per heavy atom. The van der Waals surface area contributed by atoms with Gasteiger partial charge in [0.05, 0.1) is 25.9 Å². The van der Waals surface area contributed by atoms with Gasteiger partial charge in [-0.3, -0.25) is 4.79 Å². The molecule has 0 unspecified atom stereocenters. The van der Waals surface area contributed by atoms with Crippen LogP contribution in [0.15, 0.2) is 48.7 Å². The number of rotatable bonds is 7. The molecule has 1 saturated carbocycles. The minimum Gasteiger partial charge on any atom is -0.503 e. The number of ether oxygens (including phenoxy) is 3. The lowest BCUT2D eigenvalue weighted by Crippen LogP contribution is -2.26. The van der Waals surface area contributed by atoms with Crippen LogP contribution in [-0.2, 0) is 35.8 Å². The van der Waals surface area contributed by atoms with Crippen molar-refractivity contribution in [2.24, 2.45) is 0 Å².